The van der Waals surface area contributed by atoms with Crippen LogP contribution in [0.1, 0.15) is 47.9 Å². The lowest BCUT2D eigenvalue weighted by molar-refractivity contribution is -0.137. The van der Waals surface area contributed by atoms with Crippen molar-refractivity contribution in [3.63, 3.8) is 0 Å². The fraction of sp³-hybridized carbons (Fsp3) is 0.387. The van der Waals surface area contributed by atoms with E-state index >= 15 is 0 Å². The average Bonchev–Trinajstić information content (AvgIpc) is 3.36. The fourth-order valence-electron chi connectivity index (χ4n) is 6.99. The largest absolute Gasteiger partial charge is 0.337 e. The van der Waals surface area contributed by atoms with Crippen molar-refractivity contribution in [1.29, 1.82) is 0 Å². The second kappa shape index (κ2) is 10.3. The predicted octanol–water partition coefficient (Wildman–Crippen LogP) is 4.60. The van der Waals surface area contributed by atoms with Gasteiger partial charge < -0.3 is 4.90 Å². The Morgan fingerprint density at radius 3 is 2.15 bits per heavy atom. The van der Waals surface area contributed by atoms with Crippen LogP contribution in [0.5, 0.6) is 0 Å². The highest BCUT2D eigenvalue weighted by molar-refractivity contribution is 7.92. The van der Waals surface area contributed by atoms with Gasteiger partial charge in [-0.1, -0.05) is 30.3 Å². The molecule has 2 aliphatic heterocycles. The number of likely N-dealkylation sites (tertiary alicyclic amines) is 1. The van der Waals surface area contributed by atoms with Crippen molar-refractivity contribution in [3.05, 3.63) is 101 Å². The van der Waals surface area contributed by atoms with E-state index < -0.39 is 42.2 Å². The first-order valence-electron chi connectivity index (χ1n) is 13.9. The van der Waals surface area contributed by atoms with E-state index in [-0.39, 0.29) is 53.9 Å². The molecule has 0 unspecified atom stereocenters. The van der Waals surface area contributed by atoms with Gasteiger partial charge in [0.1, 0.15) is 26.2 Å². The second-order valence-electron chi connectivity index (χ2n) is 11.4. The number of amides is 1. The molecule has 3 aromatic carbocycles. The predicted molar refractivity (Wildman–Crippen MR) is 151 cm³/mol. The quantitative estimate of drug-likeness (QED) is 0.400. The fourth-order valence-corrected chi connectivity index (χ4v) is 10.8. The van der Waals surface area contributed by atoms with Crippen LogP contribution in [0.2, 0.25) is 0 Å². The maximum atomic E-state index is 14.5. The molecule has 2 fully saturated rings. The van der Waals surface area contributed by atoms with Crippen LogP contribution in [0, 0.1) is 17.6 Å². The first-order chi connectivity index (χ1) is 19.5. The number of carbonyl (C=O) groups excluding carboxylic acids is 1. The summed E-state index contributed by atoms with van der Waals surface area (Å²) < 4.78 is 78.8. The Labute approximate surface area is 239 Å². The van der Waals surface area contributed by atoms with Crippen molar-refractivity contribution in [3.8, 4) is 0 Å². The van der Waals surface area contributed by atoms with Crippen LogP contribution in [-0.2, 0) is 42.1 Å². The lowest BCUT2D eigenvalue weighted by Crippen LogP contribution is -2.53. The Bertz CT molecular complexity index is 1690. The van der Waals surface area contributed by atoms with Crippen LogP contribution in [0.25, 0.3) is 0 Å². The molecule has 10 heteroatoms. The molecule has 0 aromatic heterocycles. The van der Waals surface area contributed by atoms with Crippen LogP contribution in [0.15, 0.2) is 71.6 Å². The summed E-state index contributed by atoms with van der Waals surface area (Å²) in [4.78, 5) is 15.5. The minimum absolute atomic E-state index is 0.00481. The maximum absolute atomic E-state index is 14.5. The summed E-state index contributed by atoms with van der Waals surface area (Å²) in [6.07, 6.45) is 2.24. The Hall–Kier alpha value is -3.11. The molecule has 0 spiro atoms. The van der Waals surface area contributed by atoms with E-state index in [0.29, 0.717) is 24.8 Å². The highest BCUT2D eigenvalue weighted by Crippen LogP contribution is 2.53. The van der Waals surface area contributed by atoms with Crippen LogP contribution in [0.4, 0.5) is 8.78 Å². The van der Waals surface area contributed by atoms with Gasteiger partial charge >= 0.3 is 0 Å². The number of nitrogens with zero attached hydrogens (tertiary/aromatic N) is 1. The summed E-state index contributed by atoms with van der Waals surface area (Å²) in [7, 11) is -7.24. The van der Waals surface area contributed by atoms with E-state index in [2.05, 4.69) is 0 Å². The molecule has 3 aliphatic rings. The van der Waals surface area contributed by atoms with Crippen molar-refractivity contribution in [2.24, 2.45) is 5.92 Å². The zero-order chi connectivity index (χ0) is 29.0. The first kappa shape index (κ1) is 28.0. The minimum atomic E-state index is -4.08. The minimum Gasteiger partial charge on any atom is -0.337 e. The molecule has 0 bridgehead atoms. The number of fused-ring (bicyclic) bond motifs is 3. The number of aryl methyl sites for hydroxylation is 1. The highest BCUT2D eigenvalue weighted by Gasteiger charge is 2.61. The Morgan fingerprint density at radius 2 is 1.49 bits per heavy atom. The molecule has 2 saturated heterocycles. The van der Waals surface area contributed by atoms with Crippen LogP contribution in [0.3, 0.4) is 0 Å². The number of sulfone groups is 2. The maximum Gasteiger partial charge on any atom is 0.226 e. The Kier molecular flexibility index (Phi) is 7.05. The summed E-state index contributed by atoms with van der Waals surface area (Å²) in [6, 6.07) is 16.2. The summed E-state index contributed by atoms with van der Waals surface area (Å²) in [5, 5.41) is 0. The Morgan fingerprint density at radius 1 is 0.878 bits per heavy atom. The molecule has 1 aliphatic carbocycles. The normalized spacial score (nSPS) is 24.0. The Balaban J connectivity index is 1.40. The van der Waals surface area contributed by atoms with Crippen LogP contribution < -0.4 is 0 Å². The molecule has 2 heterocycles. The zero-order valence-electron chi connectivity index (χ0n) is 22.4. The molecular formula is C31H31F2NO5S2. The van der Waals surface area contributed by atoms with Crippen molar-refractivity contribution in [2.45, 2.75) is 54.2 Å². The summed E-state index contributed by atoms with van der Waals surface area (Å²) in [6.45, 7) is 0.240. The van der Waals surface area contributed by atoms with Gasteiger partial charge in [-0.25, -0.2) is 25.6 Å². The van der Waals surface area contributed by atoms with E-state index in [0.717, 1.165) is 28.8 Å². The van der Waals surface area contributed by atoms with Gasteiger partial charge in [0.2, 0.25) is 5.91 Å². The smallest absolute Gasteiger partial charge is 0.226 e. The molecule has 1 amide bonds. The third-order valence-corrected chi connectivity index (χ3v) is 13.3. The third kappa shape index (κ3) is 4.88. The first-order valence-corrected chi connectivity index (χ1v) is 17.2. The number of carbonyl (C=O) groups is 1. The van der Waals surface area contributed by atoms with Gasteiger partial charge in [0.05, 0.1) is 22.4 Å². The highest BCUT2D eigenvalue weighted by atomic mass is 32.2. The molecule has 0 radical (unpaired) electrons. The number of benzene rings is 3. The zero-order valence-corrected chi connectivity index (χ0v) is 24.1. The van der Waals surface area contributed by atoms with Gasteiger partial charge in [-0.2, -0.15) is 0 Å². The van der Waals surface area contributed by atoms with E-state index in [1.165, 1.54) is 24.3 Å². The van der Waals surface area contributed by atoms with Crippen molar-refractivity contribution < 1.29 is 30.4 Å². The summed E-state index contributed by atoms with van der Waals surface area (Å²) >= 11 is 0. The van der Waals surface area contributed by atoms with Gasteiger partial charge in [-0.15, -0.1) is 0 Å². The number of hydrogen-bond donors (Lipinski definition) is 0. The van der Waals surface area contributed by atoms with Gasteiger partial charge in [0, 0.05) is 12.5 Å². The van der Waals surface area contributed by atoms with E-state index in [1.807, 2.05) is 18.2 Å². The molecule has 6 rings (SSSR count). The van der Waals surface area contributed by atoms with Crippen LogP contribution >= 0.6 is 0 Å². The molecule has 3 aromatic rings. The number of halogens is 2. The van der Waals surface area contributed by atoms with Crippen LogP contribution in [-0.4, -0.2) is 51.7 Å². The van der Waals surface area contributed by atoms with Crippen molar-refractivity contribution in [2.75, 3.05) is 18.1 Å². The SMILES string of the molecule is O=C(C1CCS(=O)(=O)CC1)N1CC[C@@]2(S(=O)(=O)c3ccc(F)cc3)c3ccc(Cc4ccc(F)cc4)cc3CC[C@@H]12. The lowest BCUT2D eigenvalue weighted by Gasteiger charge is -2.43. The molecule has 0 N–H and O–H groups in total. The van der Waals surface area contributed by atoms with Gasteiger partial charge in [0.15, 0.2) is 9.84 Å². The monoisotopic (exact) mass is 599 g/mol. The van der Waals surface area contributed by atoms with Gasteiger partial charge in [0.25, 0.3) is 0 Å². The number of hydrogen-bond acceptors (Lipinski definition) is 5. The lowest BCUT2D eigenvalue weighted by atomic mass is 9.77. The average molecular weight is 600 g/mol. The van der Waals surface area contributed by atoms with Crippen molar-refractivity contribution in [1.82, 2.24) is 4.90 Å². The van der Waals surface area contributed by atoms with Gasteiger partial charge in [-0.05, 0) is 97.2 Å². The van der Waals surface area contributed by atoms with Gasteiger partial charge in [-0.3, -0.25) is 4.79 Å². The molecule has 0 saturated carbocycles. The van der Waals surface area contributed by atoms with E-state index in [1.54, 1.807) is 17.0 Å². The summed E-state index contributed by atoms with van der Waals surface area (Å²) in [5.74, 6) is -1.57. The summed E-state index contributed by atoms with van der Waals surface area (Å²) in [5.41, 5.74) is 3.45. The molecule has 41 heavy (non-hydrogen) atoms. The molecule has 2 atom stereocenters. The molecule has 216 valence electrons. The van der Waals surface area contributed by atoms with E-state index in [4.69, 9.17) is 0 Å². The topological polar surface area (TPSA) is 88.6 Å². The van der Waals surface area contributed by atoms with E-state index in [9.17, 15) is 30.4 Å². The third-order valence-electron chi connectivity index (χ3n) is 9.06. The standard InChI is InChI=1S/C31H31F2NO5S2/c32-25-5-1-21(2-6-25)19-22-3-11-28-24(20-22)4-12-29-31(28,41(38,39)27-9-7-26(33)8-10-27)15-16-34(29)30(35)23-13-17-40(36,37)18-14-23/h1-3,5-11,20,23,29H,4,12-19H2/t29-,31-/m1/s1. The molecule has 6 nitrogen and oxygen atoms in total. The van der Waals surface area contributed by atoms with Crippen molar-refractivity contribution >= 4 is 25.6 Å². The number of rotatable bonds is 5. The second-order valence-corrected chi connectivity index (χ2v) is 15.9. The molecular weight excluding hydrogens is 568 g/mol.